The number of nitrogens with one attached hydrogen (secondary N) is 1. The first-order valence-corrected chi connectivity index (χ1v) is 6.76. The molecule has 0 atom stereocenters. The number of hydrogen-bond acceptors (Lipinski definition) is 1. The van der Waals surface area contributed by atoms with E-state index < -0.39 is 0 Å². The van der Waals surface area contributed by atoms with E-state index in [1.54, 1.807) is 0 Å². The highest BCUT2D eigenvalue weighted by atomic mass is 14.4. The van der Waals surface area contributed by atoms with Gasteiger partial charge in [0.15, 0.2) is 0 Å². The van der Waals surface area contributed by atoms with Crippen LogP contribution in [0.25, 0.3) is 27.6 Å². The van der Waals surface area contributed by atoms with Gasteiger partial charge in [0.1, 0.15) is 0 Å². The zero-order valence-electron chi connectivity index (χ0n) is 11.8. The minimum atomic E-state index is 0.602. The van der Waals surface area contributed by atoms with Gasteiger partial charge < -0.3 is 5.41 Å². The van der Waals surface area contributed by atoms with Gasteiger partial charge in [-0.15, -0.1) is 0 Å². The molecule has 3 aromatic rings. The van der Waals surface area contributed by atoms with E-state index in [2.05, 4.69) is 49.9 Å². The molecule has 20 heavy (non-hydrogen) atoms. The summed E-state index contributed by atoms with van der Waals surface area (Å²) in [6.45, 7) is 7.90. The van der Waals surface area contributed by atoms with Crippen LogP contribution >= 0.6 is 0 Å². The second-order valence-electron chi connectivity index (χ2n) is 5.19. The summed E-state index contributed by atoms with van der Waals surface area (Å²) in [7, 11) is 0. The van der Waals surface area contributed by atoms with Crippen LogP contribution in [0.4, 0.5) is 0 Å². The van der Waals surface area contributed by atoms with Gasteiger partial charge in [-0.05, 0) is 46.5 Å². The predicted octanol–water partition coefficient (Wildman–Crippen LogP) is 5.33. The summed E-state index contributed by atoms with van der Waals surface area (Å²) >= 11 is 0. The minimum absolute atomic E-state index is 0.602. The van der Waals surface area contributed by atoms with Crippen molar-refractivity contribution in [1.82, 2.24) is 0 Å². The summed E-state index contributed by atoms with van der Waals surface area (Å²) in [6.07, 6.45) is 1.91. The number of rotatable bonds is 2. The van der Waals surface area contributed by atoms with Crippen molar-refractivity contribution in [2.45, 2.75) is 13.8 Å². The van der Waals surface area contributed by atoms with Gasteiger partial charge in [0.2, 0.25) is 0 Å². The molecule has 0 fully saturated rings. The molecule has 0 spiro atoms. The molecule has 0 saturated carbocycles. The Hall–Kier alpha value is -2.41. The third-order valence-corrected chi connectivity index (χ3v) is 3.89. The number of fused-ring (bicyclic) bond motifs is 3. The maximum absolute atomic E-state index is 7.97. The fourth-order valence-electron chi connectivity index (χ4n) is 2.92. The van der Waals surface area contributed by atoms with Gasteiger partial charge in [-0.1, -0.05) is 55.1 Å². The van der Waals surface area contributed by atoms with Crippen LogP contribution in [-0.2, 0) is 0 Å². The van der Waals surface area contributed by atoms with E-state index in [1.807, 2.05) is 19.1 Å². The molecule has 0 aliphatic heterocycles. The smallest absolute Gasteiger partial charge is 0.0361 e. The maximum atomic E-state index is 7.97. The van der Waals surface area contributed by atoms with Crippen molar-refractivity contribution in [3.05, 3.63) is 65.7 Å². The van der Waals surface area contributed by atoms with E-state index in [9.17, 15) is 0 Å². The molecule has 3 aromatic carbocycles. The van der Waals surface area contributed by atoms with Crippen LogP contribution in [0.2, 0.25) is 0 Å². The van der Waals surface area contributed by atoms with Gasteiger partial charge in [-0.3, -0.25) is 0 Å². The van der Waals surface area contributed by atoms with Crippen LogP contribution in [-0.4, -0.2) is 5.71 Å². The molecule has 0 heterocycles. The van der Waals surface area contributed by atoms with Crippen molar-refractivity contribution in [1.29, 1.82) is 5.41 Å². The average molecular weight is 259 g/mol. The summed E-state index contributed by atoms with van der Waals surface area (Å²) in [5.74, 6) is 0. The summed E-state index contributed by atoms with van der Waals surface area (Å²) in [6, 6.07) is 14.7. The lowest BCUT2D eigenvalue weighted by atomic mass is 9.91. The normalized spacial score (nSPS) is 10.9. The van der Waals surface area contributed by atoms with Crippen molar-refractivity contribution in [3.8, 4) is 0 Å². The van der Waals surface area contributed by atoms with E-state index in [0.29, 0.717) is 5.71 Å². The Morgan fingerprint density at radius 1 is 1.05 bits per heavy atom. The second-order valence-corrected chi connectivity index (χ2v) is 5.19. The van der Waals surface area contributed by atoms with Crippen LogP contribution in [0.1, 0.15) is 23.6 Å². The summed E-state index contributed by atoms with van der Waals surface area (Å²) in [5.41, 5.74) is 4.00. The Balaban J connectivity index is 2.63. The number of aryl methyl sites for hydroxylation is 1. The van der Waals surface area contributed by atoms with Gasteiger partial charge in [0.25, 0.3) is 0 Å². The van der Waals surface area contributed by atoms with E-state index >= 15 is 0 Å². The molecule has 1 heteroatoms. The van der Waals surface area contributed by atoms with Gasteiger partial charge in [-0.25, -0.2) is 0 Å². The van der Waals surface area contributed by atoms with E-state index in [-0.39, 0.29) is 0 Å². The van der Waals surface area contributed by atoms with Crippen molar-refractivity contribution in [2.24, 2.45) is 0 Å². The van der Waals surface area contributed by atoms with Crippen molar-refractivity contribution in [3.63, 3.8) is 0 Å². The molecular weight excluding hydrogens is 242 g/mol. The molecule has 98 valence electrons. The molecule has 1 nitrogen and oxygen atoms in total. The molecule has 0 bridgehead atoms. The fraction of sp³-hybridized carbons (Fsp3) is 0.105. The number of benzene rings is 3. The fourth-order valence-corrected chi connectivity index (χ4v) is 2.92. The quantitative estimate of drug-likeness (QED) is 0.475. The highest BCUT2D eigenvalue weighted by molar-refractivity contribution is 6.18. The number of hydrogen-bond donors (Lipinski definition) is 1. The van der Waals surface area contributed by atoms with E-state index in [1.165, 1.54) is 21.7 Å². The molecule has 0 unspecified atom stereocenters. The standard InChI is InChI=1S/C19H17N/c1-4-14-6-5-7-15-9-11-17-16(13(3)20)10-8-12(2)18(17)19(14)15/h4-11,20H,1H2,2-3H3. The highest BCUT2D eigenvalue weighted by Gasteiger charge is 2.10. The molecule has 0 amide bonds. The lowest BCUT2D eigenvalue weighted by Crippen LogP contribution is -1.96. The largest absolute Gasteiger partial charge is 0.305 e. The maximum Gasteiger partial charge on any atom is 0.0361 e. The highest BCUT2D eigenvalue weighted by Crippen LogP contribution is 2.33. The van der Waals surface area contributed by atoms with Crippen LogP contribution in [0.3, 0.4) is 0 Å². The lowest BCUT2D eigenvalue weighted by molar-refractivity contribution is 1.46. The van der Waals surface area contributed by atoms with E-state index in [0.717, 1.165) is 16.5 Å². The minimum Gasteiger partial charge on any atom is -0.305 e. The van der Waals surface area contributed by atoms with Crippen LogP contribution in [0, 0.1) is 12.3 Å². The SMILES string of the molecule is C=Cc1cccc2ccc3c(C(C)=N)ccc(C)c3c12. The third kappa shape index (κ3) is 1.75. The zero-order valence-corrected chi connectivity index (χ0v) is 11.8. The Kier molecular flexibility index (Phi) is 2.90. The summed E-state index contributed by atoms with van der Waals surface area (Å²) in [4.78, 5) is 0. The molecule has 0 aliphatic carbocycles. The molecular formula is C19H17N. The monoisotopic (exact) mass is 259 g/mol. The van der Waals surface area contributed by atoms with E-state index in [4.69, 9.17) is 5.41 Å². The molecule has 0 aromatic heterocycles. The Labute approximate surface area is 119 Å². The van der Waals surface area contributed by atoms with Gasteiger partial charge in [-0.2, -0.15) is 0 Å². The van der Waals surface area contributed by atoms with Crippen LogP contribution in [0.15, 0.2) is 49.0 Å². The molecule has 0 saturated heterocycles. The Bertz CT molecular complexity index is 856. The van der Waals surface area contributed by atoms with Gasteiger partial charge in [0, 0.05) is 11.3 Å². The molecule has 0 aliphatic rings. The Morgan fingerprint density at radius 2 is 1.85 bits per heavy atom. The first-order chi connectivity index (χ1) is 9.63. The third-order valence-electron chi connectivity index (χ3n) is 3.89. The van der Waals surface area contributed by atoms with Crippen LogP contribution < -0.4 is 0 Å². The molecule has 0 radical (unpaired) electrons. The van der Waals surface area contributed by atoms with Crippen molar-refractivity contribution < 1.29 is 0 Å². The second kappa shape index (κ2) is 4.61. The van der Waals surface area contributed by atoms with Crippen molar-refractivity contribution >= 4 is 33.3 Å². The van der Waals surface area contributed by atoms with Gasteiger partial charge >= 0.3 is 0 Å². The average Bonchev–Trinajstić information content (AvgIpc) is 2.46. The molecule has 3 rings (SSSR count). The Morgan fingerprint density at radius 3 is 2.55 bits per heavy atom. The first-order valence-electron chi connectivity index (χ1n) is 6.76. The van der Waals surface area contributed by atoms with Crippen molar-refractivity contribution in [2.75, 3.05) is 0 Å². The predicted molar refractivity (Wildman–Crippen MR) is 88.8 cm³/mol. The lowest BCUT2D eigenvalue weighted by Gasteiger charge is -2.13. The first kappa shape index (κ1) is 12.6. The summed E-state index contributed by atoms with van der Waals surface area (Å²) < 4.78 is 0. The zero-order chi connectivity index (χ0) is 14.3. The van der Waals surface area contributed by atoms with Crippen LogP contribution in [0.5, 0.6) is 0 Å². The topological polar surface area (TPSA) is 23.9 Å². The summed E-state index contributed by atoms with van der Waals surface area (Å²) in [5, 5.41) is 12.8. The molecule has 1 N–H and O–H groups in total. The van der Waals surface area contributed by atoms with Gasteiger partial charge in [0.05, 0.1) is 0 Å².